The van der Waals surface area contributed by atoms with Gasteiger partial charge < -0.3 is 4.74 Å². The summed E-state index contributed by atoms with van der Waals surface area (Å²) in [6.45, 7) is 3.59. The first-order chi connectivity index (χ1) is 14.1. The molecule has 0 saturated carbocycles. The quantitative estimate of drug-likeness (QED) is 0.462. The fourth-order valence-corrected chi connectivity index (χ4v) is 3.37. The van der Waals surface area contributed by atoms with Crippen molar-refractivity contribution in [3.8, 4) is 17.1 Å². The summed E-state index contributed by atoms with van der Waals surface area (Å²) in [5, 5.41) is 11.7. The van der Waals surface area contributed by atoms with Crippen molar-refractivity contribution in [2.75, 3.05) is 7.11 Å². The summed E-state index contributed by atoms with van der Waals surface area (Å²) >= 11 is 0. The van der Waals surface area contributed by atoms with Gasteiger partial charge in [-0.15, -0.1) is 14.7 Å². The molecule has 0 aliphatic rings. The highest BCUT2D eigenvalue weighted by Gasteiger charge is 2.20. The molecule has 4 aromatic heterocycles. The molecule has 0 fully saturated rings. The standard InChI is InChI=1S/C19H16N8O2/c1-11-22-23-12(2)27(11)25-9-8-16-15(18(25)28)10-20-19-21-17(24-26(16)19)13-4-6-14(29-3)7-5-13/h4-10H,1-3H3/p+1. The topological polar surface area (TPSA) is 108 Å². The Balaban J connectivity index is 1.70. The van der Waals surface area contributed by atoms with Crippen molar-refractivity contribution in [1.82, 2.24) is 34.6 Å². The van der Waals surface area contributed by atoms with Crippen molar-refractivity contribution in [3.05, 3.63) is 64.7 Å². The number of aromatic nitrogens is 8. The first-order valence-corrected chi connectivity index (χ1v) is 8.92. The zero-order chi connectivity index (χ0) is 20.1. The van der Waals surface area contributed by atoms with Gasteiger partial charge in [0.1, 0.15) is 34.5 Å². The third-order valence-corrected chi connectivity index (χ3v) is 4.80. The number of ether oxygens (including phenoxy) is 1. The molecule has 0 atom stereocenters. The highest BCUT2D eigenvalue weighted by molar-refractivity contribution is 5.74. The number of nitrogens with zero attached hydrogens (tertiary/aromatic N) is 7. The van der Waals surface area contributed by atoms with Gasteiger partial charge in [-0.3, -0.25) is 4.79 Å². The molecule has 0 radical (unpaired) electrons. The summed E-state index contributed by atoms with van der Waals surface area (Å²) in [4.78, 5) is 22.0. The molecule has 0 spiro atoms. The van der Waals surface area contributed by atoms with E-state index in [1.165, 1.54) is 10.9 Å². The lowest BCUT2D eigenvalue weighted by Gasteiger charge is -2.09. The number of methoxy groups -OCH3 is 1. The summed E-state index contributed by atoms with van der Waals surface area (Å²) in [7, 11) is 1.62. The number of hydrogen-bond donors (Lipinski definition) is 1. The van der Waals surface area contributed by atoms with E-state index in [1.54, 1.807) is 36.3 Å². The summed E-state index contributed by atoms with van der Waals surface area (Å²) in [6.07, 6.45) is 3.23. The molecule has 1 aromatic carbocycles. The van der Waals surface area contributed by atoms with Crippen LogP contribution in [0.15, 0.2) is 47.5 Å². The summed E-state index contributed by atoms with van der Waals surface area (Å²) in [5.41, 5.74) is 1.33. The number of pyridine rings is 1. The molecule has 29 heavy (non-hydrogen) atoms. The average molecular weight is 389 g/mol. The lowest BCUT2D eigenvalue weighted by atomic mass is 10.2. The van der Waals surface area contributed by atoms with E-state index in [1.807, 2.05) is 30.3 Å². The van der Waals surface area contributed by atoms with Gasteiger partial charge in [0.25, 0.3) is 5.56 Å². The van der Waals surface area contributed by atoms with Crippen LogP contribution in [0.3, 0.4) is 0 Å². The van der Waals surface area contributed by atoms with Crippen LogP contribution in [0.1, 0.15) is 11.6 Å². The molecule has 10 nitrogen and oxygen atoms in total. The van der Waals surface area contributed by atoms with Crippen LogP contribution >= 0.6 is 0 Å². The van der Waals surface area contributed by atoms with Crippen molar-refractivity contribution in [2.24, 2.45) is 0 Å². The first kappa shape index (κ1) is 17.0. The molecule has 0 saturated heterocycles. The van der Waals surface area contributed by atoms with E-state index in [0.29, 0.717) is 34.2 Å². The zero-order valence-corrected chi connectivity index (χ0v) is 16.0. The van der Waals surface area contributed by atoms with Gasteiger partial charge in [0, 0.05) is 11.8 Å². The molecule has 5 aromatic rings. The molecule has 0 bridgehead atoms. The molecular formula is C19H17N8O2+. The number of aromatic amines is 1. The highest BCUT2D eigenvalue weighted by atomic mass is 16.5. The van der Waals surface area contributed by atoms with E-state index in [2.05, 4.69) is 25.3 Å². The number of H-pyrrole nitrogens is 1. The first-order valence-electron chi connectivity index (χ1n) is 8.92. The van der Waals surface area contributed by atoms with Crippen molar-refractivity contribution in [3.63, 3.8) is 0 Å². The predicted molar refractivity (Wildman–Crippen MR) is 104 cm³/mol. The van der Waals surface area contributed by atoms with Crippen LogP contribution in [-0.4, -0.2) is 41.7 Å². The minimum atomic E-state index is -0.226. The Morgan fingerprint density at radius 1 is 1.07 bits per heavy atom. The highest BCUT2D eigenvalue weighted by Crippen LogP contribution is 2.19. The van der Waals surface area contributed by atoms with Crippen molar-refractivity contribution < 1.29 is 9.25 Å². The van der Waals surface area contributed by atoms with Gasteiger partial charge in [-0.25, -0.2) is 14.5 Å². The largest absolute Gasteiger partial charge is 0.497 e. The van der Waals surface area contributed by atoms with E-state index in [-0.39, 0.29) is 5.56 Å². The average Bonchev–Trinajstić information content (AvgIpc) is 3.32. The third-order valence-electron chi connectivity index (χ3n) is 4.80. The minimum Gasteiger partial charge on any atom is -0.497 e. The van der Waals surface area contributed by atoms with Gasteiger partial charge in [0.05, 0.1) is 7.11 Å². The molecule has 1 N–H and O–H groups in total. The molecule has 4 heterocycles. The second-order valence-electron chi connectivity index (χ2n) is 6.56. The Kier molecular flexibility index (Phi) is 3.66. The molecule has 0 unspecified atom stereocenters. The number of hydrogen-bond acceptors (Lipinski definition) is 6. The van der Waals surface area contributed by atoms with E-state index in [9.17, 15) is 4.79 Å². The second-order valence-corrected chi connectivity index (χ2v) is 6.56. The molecule has 0 amide bonds. The number of aryl methyl sites for hydroxylation is 2. The fraction of sp³-hybridized carbons (Fsp3) is 0.158. The molecule has 144 valence electrons. The minimum absolute atomic E-state index is 0.226. The Bertz CT molecular complexity index is 1410. The Morgan fingerprint density at radius 2 is 1.79 bits per heavy atom. The normalized spacial score (nSPS) is 11.4. The SMILES string of the molecule is COc1ccc(-c2nc3ncc4c(=O)n(-n5c(C)nnc5C)ccc4[n+]3[nH]2)cc1. The van der Waals surface area contributed by atoms with E-state index in [0.717, 1.165) is 11.3 Å². The van der Waals surface area contributed by atoms with E-state index in [4.69, 9.17) is 4.74 Å². The lowest BCUT2D eigenvalue weighted by Crippen LogP contribution is -2.32. The van der Waals surface area contributed by atoms with Crippen molar-refractivity contribution in [2.45, 2.75) is 13.8 Å². The second kappa shape index (κ2) is 6.23. The molecule has 0 aliphatic carbocycles. The summed E-state index contributed by atoms with van der Waals surface area (Å²) in [6, 6.07) is 9.37. The Morgan fingerprint density at radius 3 is 2.48 bits per heavy atom. The van der Waals surface area contributed by atoms with Gasteiger partial charge >= 0.3 is 5.78 Å². The maximum Gasteiger partial charge on any atom is 0.457 e. The number of rotatable bonds is 3. The van der Waals surface area contributed by atoms with Gasteiger partial charge in [-0.05, 0) is 49.2 Å². The van der Waals surface area contributed by atoms with Crippen LogP contribution in [0.25, 0.3) is 28.1 Å². The predicted octanol–water partition coefficient (Wildman–Crippen LogP) is 1.05. The Labute approximate surface area is 164 Å². The van der Waals surface area contributed by atoms with Gasteiger partial charge in [0.2, 0.25) is 5.82 Å². The van der Waals surface area contributed by atoms with Gasteiger partial charge in [-0.2, -0.15) is 0 Å². The maximum absolute atomic E-state index is 13.1. The van der Waals surface area contributed by atoms with E-state index >= 15 is 0 Å². The molecule has 10 heteroatoms. The smallest absolute Gasteiger partial charge is 0.457 e. The Hall–Kier alpha value is -4.08. The monoisotopic (exact) mass is 389 g/mol. The van der Waals surface area contributed by atoms with Gasteiger partial charge in [0.15, 0.2) is 0 Å². The van der Waals surface area contributed by atoms with Crippen LogP contribution in [0.4, 0.5) is 0 Å². The van der Waals surface area contributed by atoms with Crippen molar-refractivity contribution >= 4 is 16.7 Å². The number of benzene rings is 1. The van der Waals surface area contributed by atoms with Crippen LogP contribution < -0.4 is 14.8 Å². The molecule has 5 rings (SSSR count). The fourth-order valence-electron chi connectivity index (χ4n) is 3.37. The van der Waals surface area contributed by atoms with Crippen LogP contribution in [0.5, 0.6) is 5.75 Å². The zero-order valence-electron chi connectivity index (χ0n) is 16.0. The van der Waals surface area contributed by atoms with Crippen molar-refractivity contribution in [1.29, 1.82) is 0 Å². The number of fused-ring (bicyclic) bond motifs is 3. The maximum atomic E-state index is 13.1. The van der Waals surface area contributed by atoms with Gasteiger partial charge in [-0.1, -0.05) is 4.98 Å². The van der Waals surface area contributed by atoms with Crippen LogP contribution in [-0.2, 0) is 0 Å². The number of nitrogens with one attached hydrogen (secondary N) is 1. The molecular weight excluding hydrogens is 372 g/mol. The lowest BCUT2D eigenvalue weighted by molar-refractivity contribution is -0.550. The summed E-state index contributed by atoms with van der Waals surface area (Å²) in [5.74, 6) is 3.11. The third kappa shape index (κ3) is 2.57. The van der Waals surface area contributed by atoms with Crippen LogP contribution in [0, 0.1) is 13.8 Å². The molecule has 0 aliphatic heterocycles. The van der Waals surface area contributed by atoms with Crippen LogP contribution in [0.2, 0.25) is 0 Å². The van der Waals surface area contributed by atoms with E-state index < -0.39 is 0 Å². The summed E-state index contributed by atoms with van der Waals surface area (Å²) < 4.78 is 10.0.